The second-order valence-electron chi connectivity index (χ2n) is 7.43. The first-order valence-electron chi connectivity index (χ1n) is 10.0. The van der Waals surface area contributed by atoms with Gasteiger partial charge in [-0.3, -0.25) is 14.9 Å². The number of rotatable bonds is 3. The zero-order chi connectivity index (χ0) is 21.1. The van der Waals surface area contributed by atoms with E-state index in [1.54, 1.807) is 24.3 Å². The van der Waals surface area contributed by atoms with E-state index >= 15 is 0 Å². The number of anilines is 2. The fraction of sp³-hybridized carbons (Fsp3) is 0.261. The molecule has 4 rings (SSSR count). The lowest BCUT2D eigenvalue weighted by molar-refractivity contribution is -0.122. The Balaban J connectivity index is 1.58. The van der Waals surface area contributed by atoms with E-state index < -0.39 is 17.8 Å². The number of amides is 4. The summed E-state index contributed by atoms with van der Waals surface area (Å²) in [5.41, 5.74) is 2.21. The van der Waals surface area contributed by atoms with Crippen LogP contribution in [0, 0.1) is 0 Å². The van der Waals surface area contributed by atoms with Crippen LogP contribution in [0.4, 0.5) is 16.2 Å². The second kappa shape index (κ2) is 8.83. The van der Waals surface area contributed by atoms with Crippen LogP contribution >= 0.6 is 15.9 Å². The van der Waals surface area contributed by atoms with Crippen LogP contribution in [0.2, 0.25) is 0 Å². The molecule has 4 amide bonds. The summed E-state index contributed by atoms with van der Waals surface area (Å²) in [6.45, 7) is 2.09. The highest BCUT2D eigenvalue weighted by atomic mass is 79.9. The molecule has 0 spiro atoms. The Morgan fingerprint density at radius 2 is 1.40 bits per heavy atom. The lowest BCUT2D eigenvalue weighted by Crippen LogP contribution is -2.54. The minimum absolute atomic E-state index is 0.0694. The molecule has 0 saturated carbocycles. The maximum Gasteiger partial charge on any atom is 0.335 e. The molecule has 2 saturated heterocycles. The van der Waals surface area contributed by atoms with Crippen molar-refractivity contribution in [1.82, 2.24) is 5.32 Å². The molecule has 6 nitrogen and oxygen atoms in total. The number of carbonyl (C=O) groups excluding carboxylic acids is 3. The largest absolute Gasteiger partial charge is 0.372 e. The summed E-state index contributed by atoms with van der Waals surface area (Å²) in [4.78, 5) is 40.9. The van der Waals surface area contributed by atoms with Crippen molar-refractivity contribution < 1.29 is 14.4 Å². The van der Waals surface area contributed by atoms with E-state index in [1.165, 1.54) is 31.8 Å². The topological polar surface area (TPSA) is 69.7 Å². The number of imide groups is 2. The van der Waals surface area contributed by atoms with Crippen LogP contribution in [0.25, 0.3) is 6.08 Å². The molecule has 0 bridgehead atoms. The summed E-state index contributed by atoms with van der Waals surface area (Å²) >= 11 is 3.33. The van der Waals surface area contributed by atoms with Gasteiger partial charge in [0.25, 0.3) is 11.8 Å². The predicted octanol–water partition coefficient (Wildman–Crippen LogP) is 4.50. The molecule has 1 N–H and O–H groups in total. The number of carbonyl (C=O) groups is 3. The lowest BCUT2D eigenvalue weighted by Gasteiger charge is -2.26. The van der Waals surface area contributed by atoms with E-state index in [4.69, 9.17) is 0 Å². The van der Waals surface area contributed by atoms with Gasteiger partial charge in [0.2, 0.25) is 0 Å². The number of urea groups is 1. The van der Waals surface area contributed by atoms with Gasteiger partial charge in [0.15, 0.2) is 0 Å². The molecule has 2 heterocycles. The number of hydrogen-bond donors (Lipinski definition) is 1. The van der Waals surface area contributed by atoms with Crippen LogP contribution in [-0.2, 0) is 9.59 Å². The third-order valence-electron chi connectivity index (χ3n) is 5.36. The molecule has 154 valence electrons. The van der Waals surface area contributed by atoms with Crippen LogP contribution < -0.4 is 15.1 Å². The summed E-state index contributed by atoms with van der Waals surface area (Å²) in [5, 5.41) is 2.25. The maximum absolute atomic E-state index is 12.9. The van der Waals surface area contributed by atoms with Crippen LogP contribution in [0.15, 0.2) is 58.6 Å². The fourth-order valence-electron chi connectivity index (χ4n) is 3.76. The van der Waals surface area contributed by atoms with Crippen LogP contribution in [0.3, 0.4) is 0 Å². The van der Waals surface area contributed by atoms with Crippen LogP contribution in [0.5, 0.6) is 0 Å². The Morgan fingerprint density at radius 3 is 2.03 bits per heavy atom. The molecule has 2 aromatic rings. The molecule has 0 radical (unpaired) electrons. The monoisotopic (exact) mass is 467 g/mol. The number of nitrogens with one attached hydrogen (secondary N) is 1. The number of halogens is 1. The number of hydrogen-bond acceptors (Lipinski definition) is 4. The zero-order valence-electron chi connectivity index (χ0n) is 16.4. The van der Waals surface area contributed by atoms with Gasteiger partial charge in [-0.15, -0.1) is 0 Å². The van der Waals surface area contributed by atoms with Crippen molar-refractivity contribution in [3.63, 3.8) is 0 Å². The van der Waals surface area contributed by atoms with Crippen molar-refractivity contribution in [2.75, 3.05) is 22.9 Å². The van der Waals surface area contributed by atoms with Crippen molar-refractivity contribution in [1.29, 1.82) is 0 Å². The Hall–Kier alpha value is -2.93. The van der Waals surface area contributed by atoms with Gasteiger partial charge in [0.05, 0.1) is 5.69 Å². The molecule has 0 atom stereocenters. The summed E-state index contributed by atoms with van der Waals surface area (Å²) < 4.78 is 0.826. The zero-order valence-corrected chi connectivity index (χ0v) is 18.0. The summed E-state index contributed by atoms with van der Waals surface area (Å²) in [5.74, 6) is -1.32. The van der Waals surface area contributed by atoms with Gasteiger partial charge in [0.1, 0.15) is 5.57 Å². The summed E-state index contributed by atoms with van der Waals surface area (Å²) in [7, 11) is 0. The quantitative estimate of drug-likeness (QED) is 0.532. The molecule has 2 aromatic carbocycles. The number of barbiturate groups is 1. The standard InChI is InChI=1S/C23H22BrN3O3/c24-17-7-11-19(12-8-17)27-22(29)20(21(28)25-23(27)30)15-16-5-9-18(10-6-16)26-13-3-1-2-4-14-26/h5-12,15H,1-4,13-14H2,(H,25,28,30)/b20-15+. The molecular weight excluding hydrogens is 446 g/mol. The molecule has 0 unspecified atom stereocenters. The minimum Gasteiger partial charge on any atom is -0.372 e. The Kier molecular flexibility index (Phi) is 5.99. The van der Waals surface area contributed by atoms with Crippen LogP contribution in [0.1, 0.15) is 31.2 Å². The smallest absolute Gasteiger partial charge is 0.335 e. The van der Waals surface area contributed by atoms with Gasteiger partial charge in [-0.05, 0) is 60.9 Å². The molecule has 2 fully saturated rings. The molecule has 2 aliphatic rings. The van der Waals surface area contributed by atoms with E-state index in [1.807, 2.05) is 24.3 Å². The fourth-order valence-corrected chi connectivity index (χ4v) is 4.02. The van der Waals surface area contributed by atoms with E-state index in [9.17, 15) is 14.4 Å². The third kappa shape index (κ3) is 4.31. The predicted molar refractivity (Wildman–Crippen MR) is 120 cm³/mol. The lowest BCUT2D eigenvalue weighted by atomic mass is 10.1. The van der Waals surface area contributed by atoms with E-state index in [0.29, 0.717) is 5.69 Å². The van der Waals surface area contributed by atoms with Gasteiger partial charge >= 0.3 is 6.03 Å². The molecule has 0 aromatic heterocycles. The van der Waals surface area contributed by atoms with Crippen molar-refractivity contribution >= 4 is 51.2 Å². The van der Waals surface area contributed by atoms with Gasteiger partial charge in [-0.1, -0.05) is 40.9 Å². The highest BCUT2D eigenvalue weighted by Crippen LogP contribution is 2.25. The normalized spacial score (nSPS) is 19.1. The van der Waals surface area contributed by atoms with E-state index in [-0.39, 0.29) is 5.57 Å². The van der Waals surface area contributed by atoms with Gasteiger partial charge < -0.3 is 4.90 Å². The van der Waals surface area contributed by atoms with Crippen molar-refractivity contribution in [2.24, 2.45) is 0 Å². The third-order valence-corrected chi connectivity index (χ3v) is 5.89. The average molecular weight is 468 g/mol. The molecule has 0 aliphatic carbocycles. The van der Waals surface area contributed by atoms with Crippen molar-refractivity contribution in [3.05, 3.63) is 64.1 Å². The molecule has 30 heavy (non-hydrogen) atoms. The SMILES string of the molecule is O=C1NC(=O)N(c2ccc(Br)cc2)C(=O)/C1=C/c1ccc(N2CCCCCC2)cc1. The first kappa shape index (κ1) is 20.3. The summed E-state index contributed by atoms with van der Waals surface area (Å²) in [6.07, 6.45) is 6.46. The minimum atomic E-state index is -0.749. The first-order chi connectivity index (χ1) is 14.5. The molecule has 7 heteroatoms. The summed E-state index contributed by atoms with van der Waals surface area (Å²) in [6, 6.07) is 13.8. The maximum atomic E-state index is 12.9. The van der Waals surface area contributed by atoms with E-state index in [2.05, 4.69) is 26.1 Å². The highest BCUT2D eigenvalue weighted by Gasteiger charge is 2.36. The Morgan fingerprint density at radius 1 is 0.800 bits per heavy atom. The molecular formula is C23H22BrN3O3. The molecule has 2 aliphatic heterocycles. The van der Waals surface area contributed by atoms with Gasteiger partial charge in [-0.2, -0.15) is 0 Å². The van der Waals surface area contributed by atoms with Crippen LogP contribution in [-0.4, -0.2) is 30.9 Å². The Bertz CT molecular complexity index is 991. The van der Waals surface area contributed by atoms with Crippen molar-refractivity contribution in [3.8, 4) is 0 Å². The number of benzene rings is 2. The van der Waals surface area contributed by atoms with E-state index in [0.717, 1.165) is 33.7 Å². The van der Waals surface area contributed by atoms with Crippen molar-refractivity contribution in [2.45, 2.75) is 25.7 Å². The highest BCUT2D eigenvalue weighted by molar-refractivity contribution is 9.10. The van der Waals surface area contributed by atoms with Gasteiger partial charge in [0, 0.05) is 23.2 Å². The van der Waals surface area contributed by atoms with Gasteiger partial charge in [-0.25, -0.2) is 9.69 Å². The number of nitrogens with zero attached hydrogens (tertiary/aromatic N) is 2. The Labute approximate surface area is 183 Å². The first-order valence-corrected chi connectivity index (χ1v) is 10.8. The average Bonchev–Trinajstić information content (AvgIpc) is 3.02. The second-order valence-corrected chi connectivity index (χ2v) is 8.34.